The molecule has 0 aliphatic carbocycles. The minimum Gasteiger partial charge on any atom is -0.462 e. The molecule has 5 heteroatoms. The Labute approximate surface area is 68.2 Å². The molecule has 0 aliphatic rings. The summed E-state index contributed by atoms with van der Waals surface area (Å²) in [6.45, 7) is 5.21. The minimum atomic E-state index is -0.430. The number of carbonyl (C=O) groups is 1. The summed E-state index contributed by atoms with van der Waals surface area (Å²) in [5.41, 5.74) is 0. The summed E-state index contributed by atoms with van der Waals surface area (Å²) in [5.74, 6) is -0.332. The lowest BCUT2D eigenvalue weighted by Crippen LogP contribution is -2.31. The Balaban J connectivity index is 3.64. The van der Waals surface area contributed by atoms with Gasteiger partial charge in [0.25, 0.3) is 0 Å². The van der Waals surface area contributed by atoms with Gasteiger partial charge in [-0.05, 0) is 20.8 Å². The molecule has 2 atom stereocenters. The van der Waals surface area contributed by atoms with E-state index in [1.54, 1.807) is 20.8 Å². The Bertz CT molecular complexity index is 129. The normalized spacial score (nSPS) is 14.3. The van der Waals surface area contributed by atoms with Crippen molar-refractivity contribution in [1.29, 1.82) is 0 Å². The molecule has 0 aromatic heterocycles. The summed E-state index contributed by atoms with van der Waals surface area (Å²) < 4.78 is 4.86. The van der Waals surface area contributed by atoms with Gasteiger partial charge >= 0.3 is 5.97 Å². The number of carbonyl (C=O) groups excluding carboxylic acids is 1. The number of ether oxygens (including phenoxy) is 1. The molecule has 66 valence electrons. The summed E-state index contributed by atoms with van der Waals surface area (Å²) in [7, 11) is -0.423. The molecule has 4 nitrogen and oxygen atoms in total. The van der Waals surface area contributed by atoms with Gasteiger partial charge < -0.3 is 9.63 Å². The van der Waals surface area contributed by atoms with Gasteiger partial charge in [-0.15, -0.1) is 0 Å². The maximum atomic E-state index is 11.0. The third-order valence-electron chi connectivity index (χ3n) is 0.986. The van der Waals surface area contributed by atoms with Crippen LogP contribution in [-0.4, -0.2) is 23.0 Å². The molecule has 11 heavy (non-hydrogen) atoms. The molecule has 0 saturated heterocycles. The van der Waals surface area contributed by atoms with Gasteiger partial charge in [0.1, 0.15) is 6.04 Å². The Morgan fingerprint density at radius 3 is 2.45 bits per heavy atom. The molecule has 0 aromatic rings. The molecule has 2 N–H and O–H groups in total. The molecule has 0 aromatic carbocycles. The topological polar surface area (TPSA) is 58.6 Å². The molecule has 0 aliphatic heterocycles. The van der Waals surface area contributed by atoms with E-state index < -0.39 is 15.0 Å². The molecule has 0 spiro atoms. The molecule has 0 radical (unpaired) electrons. The van der Waals surface area contributed by atoms with E-state index >= 15 is 0 Å². The van der Waals surface area contributed by atoms with E-state index in [2.05, 4.69) is 5.09 Å². The number of rotatable bonds is 4. The second-order valence-electron chi connectivity index (χ2n) is 2.46. The van der Waals surface area contributed by atoms with E-state index in [1.807, 2.05) is 0 Å². The molecular formula is C6H14NO3P. The highest BCUT2D eigenvalue weighted by Gasteiger charge is 2.13. The van der Waals surface area contributed by atoms with Crippen molar-refractivity contribution in [3.63, 3.8) is 0 Å². The van der Waals surface area contributed by atoms with Crippen LogP contribution in [0.3, 0.4) is 0 Å². The average Bonchev–Trinajstić information content (AvgIpc) is 1.86. The second kappa shape index (κ2) is 5.47. The van der Waals surface area contributed by atoms with Gasteiger partial charge in [-0.25, -0.2) is 0 Å². The molecule has 0 saturated carbocycles. The van der Waals surface area contributed by atoms with Crippen LogP contribution in [0.4, 0.5) is 0 Å². The maximum absolute atomic E-state index is 11.0. The molecular weight excluding hydrogens is 165 g/mol. The lowest BCUT2D eigenvalue weighted by Gasteiger charge is -2.13. The Morgan fingerprint density at radius 2 is 2.09 bits per heavy atom. The first-order valence-corrected chi connectivity index (χ1v) is 4.37. The van der Waals surface area contributed by atoms with Crippen molar-refractivity contribution in [3.05, 3.63) is 0 Å². The predicted molar refractivity (Wildman–Crippen MR) is 44.4 cm³/mol. The monoisotopic (exact) mass is 179 g/mol. The Morgan fingerprint density at radius 1 is 1.55 bits per heavy atom. The molecule has 0 bridgehead atoms. The van der Waals surface area contributed by atoms with Crippen LogP contribution in [0.1, 0.15) is 20.8 Å². The van der Waals surface area contributed by atoms with Crippen molar-refractivity contribution in [2.45, 2.75) is 32.9 Å². The number of nitrogens with one attached hydrogen (secondary N) is 1. The maximum Gasteiger partial charge on any atom is 0.323 e. The van der Waals surface area contributed by atoms with Gasteiger partial charge in [0.05, 0.1) is 15.1 Å². The summed E-state index contributed by atoms with van der Waals surface area (Å²) in [5, 5.41) is 2.56. The van der Waals surface area contributed by atoms with Crippen molar-refractivity contribution in [1.82, 2.24) is 5.09 Å². The van der Waals surface area contributed by atoms with Crippen molar-refractivity contribution >= 4 is 14.9 Å². The first-order valence-electron chi connectivity index (χ1n) is 3.43. The van der Waals surface area contributed by atoms with Crippen LogP contribution in [0.25, 0.3) is 0 Å². The van der Waals surface area contributed by atoms with Crippen molar-refractivity contribution in [3.8, 4) is 0 Å². The Hall–Kier alpha value is -0.180. The van der Waals surface area contributed by atoms with Gasteiger partial charge in [0.15, 0.2) is 0 Å². The van der Waals surface area contributed by atoms with Crippen LogP contribution < -0.4 is 5.09 Å². The zero-order valence-corrected chi connectivity index (χ0v) is 7.92. The van der Waals surface area contributed by atoms with E-state index in [4.69, 9.17) is 9.63 Å². The third kappa shape index (κ3) is 5.13. The number of hydrogen-bond donors (Lipinski definition) is 2. The molecule has 0 heterocycles. The van der Waals surface area contributed by atoms with E-state index in [-0.39, 0.29) is 12.1 Å². The molecule has 0 rings (SSSR count). The van der Waals surface area contributed by atoms with Crippen molar-refractivity contribution in [2.24, 2.45) is 0 Å². The molecule has 1 unspecified atom stereocenters. The first kappa shape index (κ1) is 10.8. The van der Waals surface area contributed by atoms with E-state index in [9.17, 15) is 4.79 Å². The summed E-state index contributed by atoms with van der Waals surface area (Å²) >= 11 is 0. The van der Waals surface area contributed by atoms with Crippen LogP contribution in [0.5, 0.6) is 0 Å². The third-order valence-corrected chi connectivity index (χ3v) is 1.55. The van der Waals surface area contributed by atoms with E-state index in [1.165, 1.54) is 0 Å². The van der Waals surface area contributed by atoms with Gasteiger partial charge in [-0.1, -0.05) is 0 Å². The van der Waals surface area contributed by atoms with Crippen LogP contribution in [-0.2, 0) is 9.53 Å². The van der Waals surface area contributed by atoms with Crippen LogP contribution in [0, 0.1) is 0 Å². The highest BCUT2D eigenvalue weighted by molar-refractivity contribution is 7.28. The average molecular weight is 179 g/mol. The zero-order valence-electron chi connectivity index (χ0n) is 6.92. The second-order valence-corrected chi connectivity index (χ2v) is 2.98. The van der Waals surface area contributed by atoms with Crippen molar-refractivity contribution < 1.29 is 14.4 Å². The fourth-order valence-corrected chi connectivity index (χ4v) is 0.802. The number of esters is 1. The highest BCUT2D eigenvalue weighted by atomic mass is 31.1. The van der Waals surface area contributed by atoms with Gasteiger partial charge in [0, 0.05) is 0 Å². The molecule has 0 amide bonds. The number of hydrogen-bond acceptors (Lipinski definition) is 4. The summed E-state index contributed by atoms with van der Waals surface area (Å²) in [6, 6.07) is -0.430. The SMILES string of the molecule is CC(C)OC(=O)[C@H](C)NPO. The lowest BCUT2D eigenvalue weighted by molar-refractivity contribution is -0.148. The van der Waals surface area contributed by atoms with E-state index in [0.717, 1.165) is 0 Å². The van der Waals surface area contributed by atoms with Crippen LogP contribution >= 0.6 is 8.96 Å². The highest BCUT2D eigenvalue weighted by Crippen LogP contribution is 2.00. The minimum absolute atomic E-state index is 0.103. The van der Waals surface area contributed by atoms with Gasteiger partial charge in [0.2, 0.25) is 0 Å². The van der Waals surface area contributed by atoms with E-state index in [0.29, 0.717) is 0 Å². The quantitative estimate of drug-likeness (QED) is 0.485. The summed E-state index contributed by atoms with van der Waals surface area (Å²) in [4.78, 5) is 19.4. The summed E-state index contributed by atoms with van der Waals surface area (Å²) in [6.07, 6.45) is -0.103. The smallest absolute Gasteiger partial charge is 0.323 e. The standard InChI is InChI=1S/C6H14NO3P/c1-4(2)10-6(8)5(3)7-11-9/h4-5,7,9,11H,1-3H3/t5-/m0/s1. The zero-order chi connectivity index (χ0) is 8.85. The van der Waals surface area contributed by atoms with Crippen molar-refractivity contribution in [2.75, 3.05) is 0 Å². The fourth-order valence-electron chi connectivity index (χ4n) is 0.490. The first-order chi connectivity index (χ1) is 5.07. The van der Waals surface area contributed by atoms with Gasteiger partial charge in [-0.3, -0.25) is 9.88 Å². The molecule has 0 fully saturated rings. The van der Waals surface area contributed by atoms with Crippen LogP contribution in [0.15, 0.2) is 0 Å². The van der Waals surface area contributed by atoms with Crippen LogP contribution in [0.2, 0.25) is 0 Å². The van der Waals surface area contributed by atoms with Gasteiger partial charge in [-0.2, -0.15) is 0 Å². The lowest BCUT2D eigenvalue weighted by atomic mass is 10.4. The largest absolute Gasteiger partial charge is 0.462 e. The fraction of sp³-hybridized carbons (Fsp3) is 0.833. The predicted octanol–water partition coefficient (Wildman–Crippen LogP) is 0.417. The Kier molecular flexibility index (Phi) is 5.38.